The topological polar surface area (TPSA) is 52.0 Å². The molecule has 0 aromatic carbocycles. The van der Waals surface area contributed by atoms with Gasteiger partial charge < -0.3 is 11.5 Å². The van der Waals surface area contributed by atoms with E-state index < -0.39 is 0 Å². The molecule has 0 bridgehead atoms. The van der Waals surface area contributed by atoms with Gasteiger partial charge in [0.1, 0.15) is 0 Å². The summed E-state index contributed by atoms with van der Waals surface area (Å²) in [6.07, 6.45) is 2.26. The van der Waals surface area contributed by atoms with Crippen LogP contribution in [0, 0.1) is 0 Å². The van der Waals surface area contributed by atoms with Crippen LogP contribution in [-0.4, -0.2) is 12.1 Å². The van der Waals surface area contributed by atoms with Gasteiger partial charge in [-0.15, -0.1) is 24.8 Å². The summed E-state index contributed by atoms with van der Waals surface area (Å²) in [6.45, 7) is 0.660. The summed E-state index contributed by atoms with van der Waals surface area (Å²) in [7, 11) is 0. The van der Waals surface area contributed by atoms with Gasteiger partial charge in [-0.2, -0.15) is 0 Å². The average Bonchev–Trinajstić information content (AvgIpc) is 2.22. The van der Waals surface area contributed by atoms with E-state index in [0.717, 1.165) is 12.8 Å². The van der Waals surface area contributed by atoms with Gasteiger partial charge in [0.2, 0.25) is 0 Å². The summed E-state index contributed by atoms with van der Waals surface area (Å²) in [5.74, 6) is 0. The summed E-state index contributed by atoms with van der Waals surface area (Å²) in [5, 5.41) is 0. The van der Waals surface area contributed by atoms with E-state index >= 15 is 0 Å². The molecule has 2 nitrogen and oxygen atoms in total. The predicted molar refractivity (Wildman–Crippen MR) is 39.7 cm³/mol. The monoisotopic (exact) mass is 158 g/mol. The van der Waals surface area contributed by atoms with Crippen molar-refractivity contribution in [3.63, 3.8) is 0 Å². The molecule has 1 aliphatic carbocycles. The molecule has 0 radical (unpaired) electrons. The third-order valence-corrected chi connectivity index (χ3v) is 1.30. The van der Waals surface area contributed by atoms with Crippen LogP contribution in [0.25, 0.3) is 0 Å². The van der Waals surface area contributed by atoms with Crippen LogP contribution in [-0.2, 0) is 0 Å². The molecule has 0 aliphatic heterocycles. The van der Waals surface area contributed by atoms with E-state index in [-0.39, 0.29) is 30.4 Å². The van der Waals surface area contributed by atoms with E-state index in [1.807, 2.05) is 0 Å². The number of halogens is 2. The van der Waals surface area contributed by atoms with Crippen LogP contribution in [0.5, 0.6) is 0 Å². The lowest BCUT2D eigenvalue weighted by atomic mass is 10.3. The maximum atomic E-state index is 5.52. The zero-order valence-corrected chi connectivity index (χ0v) is 6.23. The number of nitrogens with two attached hydrogens (primary N) is 2. The molecular weight excluding hydrogens is 147 g/mol. The van der Waals surface area contributed by atoms with Crippen molar-refractivity contribution in [3.05, 3.63) is 0 Å². The van der Waals surface area contributed by atoms with Gasteiger partial charge in [0.15, 0.2) is 0 Å². The fraction of sp³-hybridized carbons (Fsp3) is 1.00. The van der Waals surface area contributed by atoms with Gasteiger partial charge in [-0.3, -0.25) is 0 Å². The van der Waals surface area contributed by atoms with Crippen molar-refractivity contribution >= 4 is 24.8 Å². The molecule has 0 amide bonds. The van der Waals surface area contributed by atoms with Gasteiger partial charge in [-0.25, -0.2) is 0 Å². The lowest BCUT2D eigenvalue weighted by Crippen LogP contribution is -2.31. The summed E-state index contributed by atoms with van der Waals surface area (Å²) < 4.78 is 0. The lowest BCUT2D eigenvalue weighted by molar-refractivity contribution is 0.688. The molecule has 1 fully saturated rings. The maximum absolute atomic E-state index is 5.52. The predicted octanol–water partition coefficient (Wildman–Crippen LogP) is 0.280. The van der Waals surface area contributed by atoms with Gasteiger partial charge in [0, 0.05) is 12.1 Å². The summed E-state index contributed by atoms with van der Waals surface area (Å²) in [4.78, 5) is 0. The third-order valence-electron chi connectivity index (χ3n) is 1.30. The molecule has 0 aromatic heterocycles. The van der Waals surface area contributed by atoms with Crippen molar-refractivity contribution in [1.29, 1.82) is 0 Å². The Morgan fingerprint density at radius 2 is 1.62 bits per heavy atom. The Hall–Kier alpha value is 0.500. The molecule has 0 saturated heterocycles. The molecule has 0 unspecified atom stereocenters. The maximum Gasteiger partial charge on any atom is 0.0280 e. The highest BCUT2D eigenvalue weighted by Gasteiger charge is 2.35. The fourth-order valence-corrected chi connectivity index (χ4v) is 0.365. The van der Waals surface area contributed by atoms with Crippen molar-refractivity contribution in [1.82, 2.24) is 0 Å². The molecule has 0 aromatic rings. The quantitative estimate of drug-likeness (QED) is 0.577. The van der Waals surface area contributed by atoms with E-state index in [0.29, 0.717) is 6.54 Å². The van der Waals surface area contributed by atoms with Crippen LogP contribution in [0.15, 0.2) is 0 Å². The van der Waals surface area contributed by atoms with Crippen LogP contribution in [0.2, 0.25) is 0 Å². The Morgan fingerprint density at radius 1 is 1.25 bits per heavy atom. The molecule has 4 heteroatoms. The minimum atomic E-state index is 0. The molecule has 1 saturated carbocycles. The first-order valence-corrected chi connectivity index (χ1v) is 2.26. The van der Waals surface area contributed by atoms with Crippen molar-refractivity contribution in [2.24, 2.45) is 11.5 Å². The second-order valence-electron chi connectivity index (χ2n) is 2.07. The Balaban J connectivity index is 0. The molecule has 0 spiro atoms. The Morgan fingerprint density at radius 3 is 1.62 bits per heavy atom. The zero-order valence-electron chi connectivity index (χ0n) is 4.59. The highest BCUT2D eigenvalue weighted by Crippen LogP contribution is 2.29. The van der Waals surface area contributed by atoms with E-state index in [9.17, 15) is 0 Å². The smallest absolute Gasteiger partial charge is 0.0280 e. The first kappa shape index (κ1) is 11.3. The third kappa shape index (κ3) is 2.72. The first-order valence-electron chi connectivity index (χ1n) is 2.26. The average molecular weight is 159 g/mol. The molecule has 4 N–H and O–H groups in total. The van der Waals surface area contributed by atoms with Crippen LogP contribution in [0.1, 0.15) is 12.8 Å². The fourth-order valence-electron chi connectivity index (χ4n) is 0.365. The van der Waals surface area contributed by atoms with E-state index in [2.05, 4.69) is 0 Å². The van der Waals surface area contributed by atoms with Gasteiger partial charge in [0.25, 0.3) is 0 Å². The van der Waals surface area contributed by atoms with E-state index in [1.165, 1.54) is 0 Å². The van der Waals surface area contributed by atoms with Crippen LogP contribution >= 0.6 is 24.8 Å². The molecule has 52 valence electrons. The molecule has 0 atom stereocenters. The minimum absolute atomic E-state index is 0. The highest BCUT2D eigenvalue weighted by atomic mass is 35.5. The second kappa shape index (κ2) is 3.51. The van der Waals surface area contributed by atoms with Gasteiger partial charge in [-0.05, 0) is 12.8 Å². The highest BCUT2D eigenvalue weighted by molar-refractivity contribution is 5.85. The number of hydrogen-bond donors (Lipinski definition) is 2. The van der Waals surface area contributed by atoms with Crippen LogP contribution in [0.3, 0.4) is 0 Å². The summed E-state index contributed by atoms with van der Waals surface area (Å²) in [5.41, 5.74) is 10.8. The minimum Gasteiger partial charge on any atom is -0.329 e. The van der Waals surface area contributed by atoms with Crippen LogP contribution in [0.4, 0.5) is 0 Å². The SMILES string of the molecule is Cl.Cl.NCC1(N)CC1. The largest absolute Gasteiger partial charge is 0.329 e. The van der Waals surface area contributed by atoms with Crippen LogP contribution < -0.4 is 11.5 Å². The Labute approximate surface area is 61.8 Å². The Kier molecular flexibility index (Phi) is 4.97. The zero-order chi connectivity index (χ0) is 4.62. The summed E-state index contributed by atoms with van der Waals surface area (Å²) in [6, 6.07) is 0. The van der Waals surface area contributed by atoms with Crippen molar-refractivity contribution in [3.8, 4) is 0 Å². The number of rotatable bonds is 1. The van der Waals surface area contributed by atoms with Crippen molar-refractivity contribution in [2.45, 2.75) is 18.4 Å². The standard InChI is InChI=1S/C4H10N2.2ClH/c5-3-4(6)1-2-4;;/h1-3,5-6H2;2*1H. The first-order chi connectivity index (χ1) is 2.77. The molecule has 1 rings (SSSR count). The lowest BCUT2D eigenvalue weighted by Gasteiger charge is -1.98. The molecule has 0 heterocycles. The normalized spacial score (nSPS) is 20.2. The van der Waals surface area contributed by atoms with E-state index in [4.69, 9.17) is 11.5 Å². The van der Waals surface area contributed by atoms with Gasteiger partial charge in [0.05, 0.1) is 0 Å². The van der Waals surface area contributed by atoms with Crippen molar-refractivity contribution in [2.75, 3.05) is 6.54 Å². The molecule has 8 heavy (non-hydrogen) atoms. The number of hydrogen-bond acceptors (Lipinski definition) is 2. The molecule has 1 aliphatic rings. The van der Waals surface area contributed by atoms with Gasteiger partial charge >= 0.3 is 0 Å². The Bertz CT molecular complexity index is 63.1. The van der Waals surface area contributed by atoms with E-state index in [1.54, 1.807) is 0 Å². The second-order valence-corrected chi connectivity index (χ2v) is 2.07. The molecular formula is C4H12Cl2N2. The van der Waals surface area contributed by atoms with Gasteiger partial charge in [-0.1, -0.05) is 0 Å². The van der Waals surface area contributed by atoms with Crippen molar-refractivity contribution < 1.29 is 0 Å². The summed E-state index contributed by atoms with van der Waals surface area (Å²) >= 11 is 0.